The van der Waals surface area contributed by atoms with Crippen LogP contribution >= 0.6 is 0 Å². The lowest BCUT2D eigenvalue weighted by Gasteiger charge is -2.33. The average molecular weight is 316 g/mol. The zero-order chi connectivity index (χ0) is 16.3. The fourth-order valence-corrected chi connectivity index (χ4v) is 1.09. The van der Waals surface area contributed by atoms with E-state index >= 15 is 0 Å². The van der Waals surface area contributed by atoms with Crippen molar-refractivity contribution in [2.75, 3.05) is 46.2 Å². The molecule has 0 heterocycles. The zero-order valence-electron chi connectivity index (χ0n) is 11.5. The van der Waals surface area contributed by atoms with Gasteiger partial charge in [-0.25, -0.2) is 0 Å². The van der Waals surface area contributed by atoms with E-state index in [0.717, 1.165) is 0 Å². The molecule has 3 unspecified atom stereocenters. The summed E-state index contributed by atoms with van der Waals surface area (Å²) in [6, 6.07) is 0. The molecule has 3 atom stereocenters. The van der Waals surface area contributed by atoms with E-state index in [0.29, 0.717) is 0 Å². The maximum absolute atomic E-state index is 9.33. The lowest BCUT2D eigenvalue weighted by Crippen LogP contribution is -2.48. The summed E-state index contributed by atoms with van der Waals surface area (Å²) in [5.74, 6) is -2.12. The van der Waals surface area contributed by atoms with Crippen LogP contribution in [0.4, 0.5) is 0 Å². The summed E-state index contributed by atoms with van der Waals surface area (Å²) >= 11 is 0. The maximum Gasteiger partial charge on any atom is 0.307 e. The summed E-state index contributed by atoms with van der Waals surface area (Å²) in [4.78, 5) is 0. The number of aliphatic hydroxyl groups excluding tert-OH is 7. The average Bonchev–Trinajstić information content (AvgIpc) is 2.53. The first-order valence-corrected chi connectivity index (χ1v) is 6.32. The van der Waals surface area contributed by atoms with Gasteiger partial charge in [-0.15, -0.1) is 0 Å². The lowest BCUT2D eigenvalue weighted by molar-refractivity contribution is -0.402. The number of rotatable bonds is 13. The van der Waals surface area contributed by atoms with Gasteiger partial charge in [-0.3, -0.25) is 0 Å². The topological polar surface area (TPSA) is 169 Å². The summed E-state index contributed by atoms with van der Waals surface area (Å²) < 4.78 is 15.1. The van der Waals surface area contributed by atoms with Gasteiger partial charge in [-0.1, -0.05) is 0 Å². The molecule has 21 heavy (non-hydrogen) atoms. The fraction of sp³-hybridized carbons (Fsp3) is 1.00. The van der Waals surface area contributed by atoms with E-state index in [9.17, 15) is 20.4 Å². The first kappa shape index (κ1) is 20.6. The van der Waals surface area contributed by atoms with Crippen molar-refractivity contribution in [2.24, 2.45) is 0 Å². The van der Waals surface area contributed by atoms with Gasteiger partial charge >= 0.3 is 5.97 Å². The van der Waals surface area contributed by atoms with Crippen LogP contribution in [0.5, 0.6) is 0 Å². The second-order valence-electron chi connectivity index (χ2n) is 4.28. The van der Waals surface area contributed by atoms with Gasteiger partial charge in [0.15, 0.2) is 0 Å². The van der Waals surface area contributed by atoms with Crippen molar-refractivity contribution >= 4 is 0 Å². The Labute approximate surface area is 121 Å². The van der Waals surface area contributed by atoms with Crippen LogP contribution < -0.4 is 0 Å². The summed E-state index contributed by atoms with van der Waals surface area (Å²) in [6.07, 6.45) is -3.77. The number of hydrogen-bond acceptors (Lipinski definition) is 10. The fourth-order valence-electron chi connectivity index (χ4n) is 1.09. The predicted molar refractivity (Wildman–Crippen MR) is 67.0 cm³/mol. The smallest absolute Gasteiger partial charge is 0.307 e. The molecule has 10 heteroatoms. The van der Waals surface area contributed by atoms with Crippen LogP contribution in [0.15, 0.2) is 0 Å². The van der Waals surface area contributed by atoms with Crippen molar-refractivity contribution in [2.45, 2.75) is 24.3 Å². The summed E-state index contributed by atoms with van der Waals surface area (Å²) in [7, 11) is 0. The molecule has 0 bridgehead atoms. The van der Waals surface area contributed by atoms with Crippen molar-refractivity contribution in [1.82, 2.24) is 0 Å². The molecule has 0 aromatic rings. The molecule has 0 saturated carbocycles. The molecule has 0 saturated heterocycles. The molecule has 0 aliphatic heterocycles. The molecular formula is C11H24O10. The molecule has 10 nitrogen and oxygen atoms in total. The third kappa shape index (κ3) is 8.58. The summed E-state index contributed by atoms with van der Waals surface area (Å²) in [5.41, 5.74) is 0. The number of aliphatic hydroxyl groups is 7. The van der Waals surface area contributed by atoms with Gasteiger partial charge in [0.25, 0.3) is 0 Å². The van der Waals surface area contributed by atoms with Crippen molar-refractivity contribution in [3.8, 4) is 0 Å². The first-order valence-electron chi connectivity index (χ1n) is 6.32. The SMILES string of the molecule is OCC(O)COC(CO)(OCC(O)CO)OCC(O)CO. The van der Waals surface area contributed by atoms with E-state index in [4.69, 9.17) is 29.5 Å². The number of hydrogen-bond donors (Lipinski definition) is 7. The Kier molecular flexibility index (Phi) is 11.0. The summed E-state index contributed by atoms with van der Waals surface area (Å²) in [5, 5.41) is 63.1. The molecule has 0 aromatic heterocycles. The van der Waals surface area contributed by atoms with Crippen LogP contribution in [0, 0.1) is 0 Å². The van der Waals surface area contributed by atoms with Gasteiger partial charge in [-0.05, 0) is 0 Å². The second-order valence-corrected chi connectivity index (χ2v) is 4.28. The highest BCUT2D eigenvalue weighted by atomic mass is 16.9. The minimum absolute atomic E-state index is 0.457. The Morgan fingerprint density at radius 2 is 0.905 bits per heavy atom. The molecule has 0 rings (SSSR count). The Balaban J connectivity index is 4.65. The van der Waals surface area contributed by atoms with Gasteiger partial charge < -0.3 is 50.0 Å². The Morgan fingerprint density at radius 1 is 0.619 bits per heavy atom. The standard InChI is InChI=1S/C11H24O10/c12-1-8(16)4-19-11(7-15,20-5-9(17)2-13)21-6-10(18)3-14/h8-10,12-18H,1-7H2. The monoisotopic (exact) mass is 316 g/mol. The predicted octanol–water partition coefficient (Wildman–Crippen LogP) is -4.26. The van der Waals surface area contributed by atoms with E-state index in [1.165, 1.54) is 0 Å². The largest absolute Gasteiger partial charge is 0.394 e. The zero-order valence-corrected chi connectivity index (χ0v) is 11.5. The van der Waals surface area contributed by atoms with Gasteiger partial charge in [0.05, 0.1) is 39.6 Å². The molecule has 0 fully saturated rings. The minimum atomic E-state index is -2.12. The lowest BCUT2D eigenvalue weighted by atomic mass is 10.4. The van der Waals surface area contributed by atoms with Crippen molar-refractivity contribution < 1.29 is 50.0 Å². The van der Waals surface area contributed by atoms with Crippen LogP contribution in [0.3, 0.4) is 0 Å². The highest BCUT2D eigenvalue weighted by molar-refractivity contribution is 4.63. The quantitative estimate of drug-likeness (QED) is 0.165. The van der Waals surface area contributed by atoms with Gasteiger partial charge in [0, 0.05) is 0 Å². The Morgan fingerprint density at radius 3 is 1.10 bits per heavy atom. The Bertz CT molecular complexity index is 215. The van der Waals surface area contributed by atoms with Crippen LogP contribution in [0.25, 0.3) is 0 Å². The van der Waals surface area contributed by atoms with E-state index in [2.05, 4.69) is 0 Å². The highest BCUT2D eigenvalue weighted by Crippen LogP contribution is 2.17. The maximum atomic E-state index is 9.33. The molecular weight excluding hydrogens is 292 g/mol. The van der Waals surface area contributed by atoms with Crippen LogP contribution in [0.1, 0.15) is 0 Å². The van der Waals surface area contributed by atoms with E-state index < -0.39 is 70.5 Å². The Hall–Kier alpha value is -0.400. The number of ether oxygens (including phenoxy) is 3. The van der Waals surface area contributed by atoms with Crippen molar-refractivity contribution in [1.29, 1.82) is 0 Å². The van der Waals surface area contributed by atoms with E-state index in [1.54, 1.807) is 0 Å². The third-order valence-electron chi connectivity index (χ3n) is 2.31. The third-order valence-corrected chi connectivity index (χ3v) is 2.31. The van der Waals surface area contributed by atoms with Crippen LogP contribution in [-0.2, 0) is 14.2 Å². The van der Waals surface area contributed by atoms with E-state index in [-0.39, 0.29) is 0 Å². The molecule has 0 radical (unpaired) electrons. The van der Waals surface area contributed by atoms with Crippen LogP contribution in [0.2, 0.25) is 0 Å². The highest BCUT2D eigenvalue weighted by Gasteiger charge is 2.35. The second kappa shape index (κ2) is 11.2. The molecule has 0 amide bonds. The summed E-state index contributed by atoms with van der Waals surface area (Å²) in [6.45, 7) is -4.02. The molecule has 128 valence electrons. The molecule has 0 aliphatic rings. The molecule has 0 aromatic carbocycles. The molecule has 0 aliphatic carbocycles. The van der Waals surface area contributed by atoms with Crippen molar-refractivity contribution in [3.05, 3.63) is 0 Å². The van der Waals surface area contributed by atoms with Gasteiger partial charge in [0.2, 0.25) is 0 Å². The van der Waals surface area contributed by atoms with Crippen molar-refractivity contribution in [3.63, 3.8) is 0 Å². The van der Waals surface area contributed by atoms with Gasteiger partial charge in [-0.2, -0.15) is 0 Å². The minimum Gasteiger partial charge on any atom is -0.394 e. The normalized spacial score (nSPS) is 19.0. The van der Waals surface area contributed by atoms with Crippen LogP contribution in [-0.4, -0.2) is 106 Å². The molecule has 0 spiro atoms. The van der Waals surface area contributed by atoms with E-state index in [1.807, 2.05) is 0 Å². The molecule has 7 N–H and O–H groups in total. The first-order chi connectivity index (χ1) is 9.92. The van der Waals surface area contributed by atoms with Gasteiger partial charge in [0.1, 0.15) is 24.9 Å².